The van der Waals surface area contributed by atoms with Crippen molar-refractivity contribution in [1.29, 1.82) is 0 Å². The molecule has 0 fully saturated rings. The van der Waals surface area contributed by atoms with Gasteiger partial charge in [-0.3, -0.25) is 19.6 Å². The second kappa shape index (κ2) is 5.61. The molecule has 8 nitrogen and oxygen atoms in total. The molecule has 19 heavy (non-hydrogen) atoms. The lowest BCUT2D eigenvalue weighted by Gasteiger charge is -2.14. The summed E-state index contributed by atoms with van der Waals surface area (Å²) in [5.74, 6) is 0.00889. The van der Waals surface area contributed by atoms with E-state index >= 15 is 0 Å². The summed E-state index contributed by atoms with van der Waals surface area (Å²) in [6, 6.07) is 1.41. The minimum Gasteiger partial charge on any atom is -0.465 e. The van der Waals surface area contributed by atoms with Crippen LogP contribution in [0.3, 0.4) is 0 Å². The van der Waals surface area contributed by atoms with Gasteiger partial charge in [-0.25, -0.2) is 9.97 Å². The number of H-pyrrole nitrogens is 1. The Bertz CT molecular complexity index is 633. The zero-order chi connectivity index (χ0) is 13.8. The number of fused-ring (bicyclic) bond motifs is 1. The van der Waals surface area contributed by atoms with Gasteiger partial charge in [-0.2, -0.15) is 4.52 Å². The molecule has 0 spiro atoms. The van der Waals surface area contributed by atoms with Crippen LogP contribution in [0.2, 0.25) is 0 Å². The van der Waals surface area contributed by atoms with Crippen molar-refractivity contribution in [2.24, 2.45) is 0 Å². The average molecular weight is 265 g/mol. The highest BCUT2D eigenvalue weighted by Gasteiger charge is 2.10. The van der Waals surface area contributed by atoms with Gasteiger partial charge in [0.2, 0.25) is 0 Å². The van der Waals surface area contributed by atoms with E-state index < -0.39 is 0 Å². The Morgan fingerprint density at radius 3 is 3.11 bits per heavy atom. The van der Waals surface area contributed by atoms with Crippen LogP contribution in [0.4, 0.5) is 0 Å². The van der Waals surface area contributed by atoms with Crippen molar-refractivity contribution in [2.45, 2.75) is 13.5 Å². The van der Waals surface area contributed by atoms with Crippen molar-refractivity contribution < 1.29 is 9.53 Å². The summed E-state index contributed by atoms with van der Waals surface area (Å²) in [4.78, 5) is 32.9. The van der Waals surface area contributed by atoms with Crippen LogP contribution in [-0.4, -0.2) is 50.7 Å². The summed E-state index contributed by atoms with van der Waals surface area (Å²) in [5.41, 5.74) is 0.325. The molecule has 0 amide bonds. The normalized spacial score (nSPS) is 11.1. The number of esters is 1. The van der Waals surface area contributed by atoms with Crippen molar-refractivity contribution in [3.8, 4) is 0 Å². The maximum Gasteiger partial charge on any atom is 0.320 e. The number of ether oxygens (including phenoxy) is 1. The smallest absolute Gasteiger partial charge is 0.320 e. The third-order valence-corrected chi connectivity index (χ3v) is 2.46. The van der Waals surface area contributed by atoms with Gasteiger partial charge in [0, 0.05) is 12.6 Å². The number of nitrogens with one attached hydrogen (secondary N) is 1. The zero-order valence-electron chi connectivity index (χ0n) is 10.8. The van der Waals surface area contributed by atoms with Crippen molar-refractivity contribution in [3.63, 3.8) is 0 Å². The lowest BCUT2D eigenvalue weighted by Crippen LogP contribution is -2.28. The van der Waals surface area contributed by atoms with Crippen molar-refractivity contribution >= 4 is 11.7 Å². The summed E-state index contributed by atoms with van der Waals surface area (Å²) in [7, 11) is 1.75. The number of carbonyl (C=O) groups is 1. The zero-order valence-corrected chi connectivity index (χ0v) is 10.8. The van der Waals surface area contributed by atoms with Crippen molar-refractivity contribution in [1.82, 2.24) is 24.5 Å². The predicted molar refractivity (Wildman–Crippen MR) is 66.6 cm³/mol. The summed E-state index contributed by atoms with van der Waals surface area (Å²) in [6.07, 6.45) is 1.40. The number of nitrogens with zero attached hydrogens (tertiary/aromatic N) is 4. The highest BCUT2D eigenvalue weighted by molar-refractivity contribution is 5.71. The number of hydrogen-bond acceptors (Lipinski definition) is 6. The molecule has 0 aliphatic carbocycles. The first-order valence-corrected chi connectivity index (χ1v) is 5.86. The van der Waals surface area contributed by atoms with Gasteiger partial charge in [-0.05, 0) is 14.0 Å². The Hall–Kier alpha value is -2.22. The largest absolute Gasteiger partial charge is 0.465 e. The maximum absolute atomic E-state index is 11.7. The molecule has 2 heterocycles. The molecule has 0 radical (unpaired) electrons. The van der Waals surface area contributed by atoms with Crippen LogP contribution < -0.4 is 5.56 Å². The third kappa shape index (κ3) is 3.16. The third-order valence-electron chi connectivity index (χ3n) is 2.46. The number of rotatable bonds is 5. The molecule has 0 aliphatic heterocycles. The van der Waals surface area contributed by atoms with Crippen molar-refractivity contribution in [2.75, 3.05) is 20.2 Å². The summed E-state index contributed by atoms with van der Waals surface area (Å²) < 4.78 is 6.09. The molecule has 2 aromatic rings. The fourth-order valence-corrected chi connectivity index (χ4v) is 1.71. The van der Waals surface area contributed by atoms with E-state index in [-0.39, 0.29) is 18.1 Å². The number of aromatic amines is 1. The van der Waals surface area contributed by atoms with Gasteiger partial charge < -0.3 is 4.74 Å². The van der Waals surface area contributed by atoms with Crippen LogP contribution in [-0.2, 0) is 16.1 Å². The van der Waals surface area contributed by atoms with Gasteiger partial charge >= 0.3 is 5.97 Å². The first-order valence-electron chi connectivity index (χ1n) is 5.86. The molecule has 2 rings (SSSR count). The van der Waals surface area contributed by atoms with Gasteiger partial charge in [0.1, 0.15) is 6.33 Å². The highest BCUT2D eigenvalue weighted by atomic mass is 16.5. The van der Waals surface area contributed by atoms with E-state index in [1.807, 2.05) is 0 Å². The van der Waals surface area contributed by atoms with Crippen LogP contribution in [0, 0.1) is 0 Å². The number of likely N-dealkylation sites (N-methyl/N-ethyl adjacent to an activating group) is 1. The molecule has 8 heteroatoms. The van der Waals surface area contributed by atoms with E-state index in [0.717, 1.165) is 0 Å². The minimum absolute atomic E-state index is 0.148. The van der Waals surface area contributed by atoms with E-state index in [9.17, 15) is 9.59 Å². The molecule has 0 saturated carbocycles. The SMILES string of the molecule is CCOC(=O)CN(C)Cc1cc(=O)n2[nH]cnc2n1. The highest BCUT2D eigenvalue weighted by Crippen LogP contribution is 1.99. The van der Waals surface area contributed by atoms with Gasteiger partial charge in [0.25, 0.3) is 11.3 Å². The molecule has 0 unspecified atom stereocenters. The summed E-state index contributed by atoms with van der Waals surface area (Å²) >= 11 is 0. The van der Waals surface area contributed by atoms with Crippen molar-refractivity contribution in [3.05, 3.63) is 28.4 Å². The minimum atomic E-state index is -0.303. The molecule has 0 aliphatic rings. The summed E-state index contributed by atoms with van der Waals surface area (Å²) in [6.45, 7) is 2.63. The molecular formula is C11H15N5O3. The second-order valence-corrected chi connectivity index (χ2v) is 4.09. The average Bonchev–Trinajstić information content (AvgIpc) is 2.77. The standard InChI is InChI=1S/C11H15N5O3/c1-3-19-10(18)6-15(2)5-8-4-9(17)16-11(14-8)12-7-13-16/h4,7H,3,5-6H2,1-2H3,(H,12,13,14). The first-order chi connectivity index (χ1) is 9.10. The van der Waals surface area contributed by atoms with Crippen LogP contribution in [0.15, 0.2) is 17.2 Å². The Labute approximate surface area is 109 Å². The maximum atomic E-state index is 11.7. The molecular weight excluding hydrogens is 250 g/mol. The number of carbonyl (C=O) groups excluding carboxylic acids is 1. The number of aromatic nitrogens is 4. The van der Waals surface area contributed by atoms with Gasteiger partial charge in [0.05, 0.1) is 18.8 Å². The van der Waals surface area contributed by atoms with Gasteiger partial charge in [-0.15, -0.1) is 0 Å². The van der Waals surface area contributed by atoms with E-state index in [4.69, 9.17) is 4.74 Å². The predicted octanol–water partition coefficient (Wildman–Crippen LogP) is -0.587. The lowest BCUT2D eigenvalue weighted by atomic mass is 10.3. The van der Waals surface area contributed by atoms with E-state index in [2.05, 4.69) is 15.1 Å². The number of hydrogen-bond donors (Lipinski definition) is 1. The van der Waals surface area contributed by atoms with E-state index in [1.54, 1.807) is 18.9 Å². The second-order valence-electron chi connectivity index (χ2n) is 4.09. The summed E-state index contributed by atoms with van der Waals surface area (Å²) in [5, 5.41) is 2.66. The van der Waals surface area contributed by atoms with E-state index in [1.165, 1.54) is 16.9 Å². The fourth-order valence-electron chi connectivity index (χ4n) is 1.71. The Balaban J connectivity index is 2.08. The Morgan fingerprint density at radius 2 is 2.37 bits per heavy atom. The molecule has 0 saturated heterocycles. The Morgan fingerprint density at radius 1 is 1.58 bits per heavy atom. The fraction of sp³-hybridized carbons (Fsp3) is 0.455. The van der Waals surface area contributed by atoms with Gasteiger partial charge in [-0.1, -0.05) is 0 Å². The van der Waals surface area contributed by atoms with Gasteiger partial charge in [0.15, 0.2) is 0 Å². The molecule has 102 valence electrons. The molecule has 0 aromatic carbocycles. The van der Waals surface area contributed by atoms with Crippen LogP contribution in [0.25, 0.3) is 5.78 Å². The monoisotopic (exact) mass is 265 g/mol. The van der Waals surface area contributed by atoms with Crippen LogP contribution in [0.5, 0.6) is 0 Å². The Kier molecular flexibility index (Phi) is 3.91. The van der Waals surface area contributed by atoms with Crippen LogP contribution in [0.1, 0.15) is 12.6 Å². The molecule has 2 aromatic heterocycles. The molecule has 0 bridgehead atoms. The molecule has 1 N–H and O–H groups in total. The topological polar surface area (TPSA) is 92.6 Å². The van der Waals surface area contributed by atoms with Crippen LogP contribution >= 0.6 is 0 Å². The first kappa shape index (κ1) is 13.2. The molecule has 0 atom stereocenters. The quantitative estimate of drug-likeness (QED) is 0.727. The lowest BCUT2D eigenvalue weighted by molar-refractivity contribution is -0.144. The van der Waals surface area contributed by atoms with E-state index in [0.29, 0.717) is 24.6 Å².